The summed E-state index contributed by atoms with van der Waals surface area (Å²) >= 11 is 11.7. The molecule has 1 aromatic heterocycles. The molecule has 0 spiro atoms. The normalized spacial score (nSPS) is 10.6. The van der Waals surface area contributed by atoms with Crippen LogP contribution < -0.4 is 0 Å². The smallest absolute Gasteiger partial charge is 0.375 e. The average molecular weight is 286 g/mol. The molecule has 4 nitrogen and oxygen atoms in total. The minimum Gasteiger partial charge on any atom is -0.475 e. The van der Waals surface area contributed by atoms with E-state index in [1.54, 1.807) is 18.2 Å². The summed E-state index contributed by atoms with van der Waals surface area (Å²) < 4.78 is 4.85. The van der Waals surface area contributed by atoms with Crippen LogP contribution in [-0.4, -0.2) is 16.2 Å². The molecular weight excluding hydrogens is 277 g/mol. The molecule has 0 amide bonds. The number of aromatic carboxylic acids is 1. The summed E-state index contributed by atoms with van der Waals surface area (Å²) in [5.74, 6) is -1.27. The van der Waals surface area contributed by atoms with Crippen molar-refractivity contribution in [1.29, 1.82) is 0 Å². The molecule has 94 valence electrons. The lowest BCUT2D eigenvalue weighted by atomic mass is 10.0. The molecule has 1 aromatic carbocycles. The monoisotopic (exact) mass is 285 g/mol. The van der Waals surface area contributed by atoms with Gasteiger partial charge in [0.1, 0.15) is 5.69 Å². The Hall–Kier alpha value is -1.52. The van der Waals surface area contributed by atoms with E-state index in [2.05, 4.69) is 5.16 Å². The molecule has 0 saturated heterocycles. The number of aromatic nitrogens is 1. The Morgan fingerprint density at radius 1 is 1.39 bits per heavy atom. The SMILES string of the molecule is CCc1c(-c2ccc(Cl)c(Cl)c2)noc1C(=O)O. The van der Waals surface area contributed by atoms with E-state index in [1.165, 1.54) is 0 Å². The van der Waals surface area contributed by atoms with Crippen LogP contribution in [0, 0.1) is 0 Å². The van der Waals surface area contributed by atoms with E-state index < -0.39 is 5.97 Å². The first-order valence-corrected chi connectivity index (χ1v) is 5.97. The van der Waals surface area contributed by atoms with Gasteiger partial charge in [0.25, 0.3) is 0 Å². The third kappa shape index (κ3) is 2.21. The average Bonchev–Trinajstić information content (AvgIpc) is 2.76. The van der Waals surface area contributed by atoms with E-state index in [-0.39, 0.29) is 5.76 Å². The zero-order chi connectivity index (χ0) is 13.3. The highest BCUT2D eigenvalue weighted by Gasteiger charge is 2.21. The highest BCUT2D eigenvalue weighted by Crippen LogP contribution is 2.31. The number of nitrogens with zero attached hydrogens (tertiary/aromatic N) is 1. The van der Waals surface area contributed by atoms with Crippen molar-refractivity contribution in [3.63, 3.8) is 0 Å². The molecule has 0 bridgehead atoms. The van der Waals surface area contributed by atoms with Crippen LogP contribution in [0.15, 0.2) is 22.7 Å². The highest BCUT2D eigenvalue weighted by atomic mass is 35.5. The Labute approximate surface area is 113 Å². The third-order valence-corrected chi connectivity index (χ3v) is 3.27. The van der Waals surface area contributed by atoms with Gasteiger partial charge in [-0.3, -0.25) is 0 Å². The van der Waals surface area contributed by atoms with Crippen molar-refractivity contribution in [2.45, 2.75) is 13.3 Å². The standard InChI is InChI=1S/C12H9Cl2NO3/c1-2-7-10(15-18-11(7)12(16)17)6-3-4-8(13)9(14)5-6/h3-5H,2H2,1H3,(H,16,17). The minimum atomic E-state index is -1.13. The number of carboxylic acid groups (broad SMARTS) is 1. The number of hydrogen-bond donors (Lipinski definition) is 1. The third-order valence-electron chi connectivity index (χ3n) is 2.53. The van der Waals surface area contributed by atoms with Gasteiger partial charge in [0.05, 0.1) is 10.0 Å². The van der Waals surface area contributed by atoms with Gasteiger partial charge in [-0.05, 0) is 18.6 Å². The molecular formula is C12H9Cl2NO3. The Balaban J connectivity index is 2.57. The molecule has 0 radical (unpaired) electrons. The molecule has 18 heavy (non-hydrogen) atoms. The number of carbonyl (C=O) groups is 1. The maximum atomic E-state index is 11.0. The van der Waals surface area contributed by atoms with Crippen molar-refractivity contribution in [2.75, 3.05) is 0 Å². The van der Waals surface area contributed by atoms with Crippen molar-refractivity contribution in [3.05, 3.63) is 39.6 Å². The number of halogens is 2. The van der Waals surface area contributed by atoms with E-state index in [0.29, 0.717) is 33.3 Å². The minimum absolute atomic E-state index is 0.140. The van der Waals surface area contributed by atoms with Crippen LogP contribution in [0.25, 0.3) is 11.3 Å². The van der Waals surface area contributed by atoms with Crippen LogP contribution in [0.2, 0.25) is 10.0 Å². The molecule has 0 aliphatic rings. The molecule has 1 heterocycles. The summed E-state index contributed by atoms with van der Waals surface area (Å²) in [4.78, 5) is 11.0. The lowest BCUT2D eigenvalue weighted by Gasteiger charge is -2.01. The van der Waals surface area contributed by atoms with Crippen molar-refractivity contribution in [3.8, 4) is 11.3 Å². The van der Waals surface area contributed by atoms with E-state index in [4.69, 9.17) is 32.8 Å². The number of rotatable bonds is 3. The topological polar surface area (TPSA) is 63.3 Å². The van der Waals surface area contributed by atoms with Gasteiger partial charge < -0.3 is 9.63 Å². The fraction of sp³-hybridized carbons (Fsp3) is 0.167. The van der Waals surface area contributed by atoms with Crippen molar-refractivity contribution < 1.29 is 14.4 Å². The number of benzene rings is 1. The summed E-state index contributed by atoms with van der Waals surface area (Å²) in [6, 6.07) is 4.98. The number of hydrogen-bond acceptors (Lipinski definition) is 3. The Kier molecular flexibility index (Phi) is 3.59. The number of carboxylic acids is 1. The van der Waals surface area contributed by atoms with Crippen LogP contribution in [0.5, 0.6) is 0 Å². The van der Waals surface area contributed by atoms with E-state index in [9.17, 15) is 4.79 Å². The van der Waals surface area contributed by atoms with Gasteiger partial charge in [0.15, 0.2) is 0 Å². The Morgan fingerprint density at radius 3 is 2.67 bits per heavy atom. The zero-order valence-electron chi connectivity index (χ0n) is 9.41. The molecule has 2 rings (SSSR count). The van der Waals surface area contributed by atoms with Crippen molar-refractivity contribution >= 4 is 29.2 Å². The van der Waals surface area contributed by atoms with E-state index in [1.807, 2.05) is 6.92 Å². The van der Waals surface area contributed by atoms with E-state index >= 15 is 0 Å². The summed E-state index contributed by atoms with van der Waals surface area (Å²) in [5, 5.41) is 13.6. The summed E-state index contributed by atoms with van der Waals surface area (Å²) in [7, 11) is 0. The van der Waals surface area contributed by atoms with Gasteiger partial charge in [-0.2, -0.15) is 0 Å². The summed E-state index contributed by atoms with van der Waals surface area (Å²) in [5.41, 5.74) is 1.70. The second-order valence-corrected chi connectivity index (χ2v) is 4.44. The second kappa shape index (κ2) is 5.00. The van der Waals surface area contributed by atoms with Gasteiger partial charge in [0.2, 0.25) is 5.76 Å². The summed E-state index contributed by atoms with van der Waals surface area (Å²) in [6.45, 7) is 1.83. The molecule has 0 unspecified atom stereocenters. The largest absolute Gasteiger partial charge is 0.475 e. The quantitative estimate of drug-likeness (QED) is 0.929. The predicted molar refractivity (Wildman–Crippen MR) is 68.3 cm³/mol. The van der Waals surface area contributed by atoms with Crippen molar-refractivity contribution in [2.24, 2.45) is 0 Å². The predicted octanol–water partition coefficient (Wildman–Crippen LogP) is 3.91. The molecule has 2 aromatic rings. The van der Waals surface area contributed by atoms with Gasteiger partial charge in [-0.1, -0.05) is 41.3 Å². The molecule has 0 atom stereocenters. The molecule has 0 fully saturated rings. The molecule has 0 aliphatic carbocycles. The van der Waals surface area contributed by atoms with Crippen LogP contribution in [0.4, 0.5) is 0 Å². The first kappa shape index (κ1) is 12.9. The first-order valence-electron chi connectivity index (χ1n) is 5.21. The Morgan fingerprint density at radius 2 is 2.11 bits per heavy atom. The van der Waals surface area contributed by atoms with Gasteiger partial charge in [-0.25, -0.2) is 4.79 Å². The highest BCUT2D eigenvalue weighted by molar-refractivity contribution is 6.42. The Bertz CT molecular complexity index is 607. The lowest BCUT2D eigenvalue weighted by molar-refractivity contribution is 0.0650. The lowest BCUT2D eigenvalue weighted by Crippen LogP contribution is -1.98. The van der Waals surface area contributed by atoms with Crippen LogP contribution >= 0.6 is 23.2 Å². The van der Waals surface area contributed by atoms with Crippen LogP contribution in [0.1, 0.15) is 23.0 Å². The second-order valence-electron chi connectivity index (χ2n) is 3.63. The first-order chi connectivity index (χ1) is 8.54. The van der Waals surface area contributed by atoms with Crippen molar-refractivity contribution in [1.82, 2.24) is 5.16 Å². The summed E-state index contributed by atoms with van der Waals surface area (Å²) in [6.07, 6.45) is 0.501. The molecule has 1 N–H and O–H groups in total. The molecule has 0 saturated carbocycles. The van der Waals surface area contributed by atoms with Crippen LogP contribution in [-0.2, 0) is 6.42 Å². The van der Waals surface area contributed by atoms with Gasteiger partial charge >= 0.3 is 5.97 Å². The fourth-order valence-electron chi connectivity index (χ4n) is 1.68. The van der Waals surface area contributed by atoms with Gasteiger partial charge in [-0.15, -0.1) is 0 Å². The molecule has 6 heteroatoms. The molecule has 0 aliphatic heterocycles. The van der Waals surface area contributed by atoms with E-state index in [0.717, 1.165) is 0 Å². The zero-order valence-corrected chi connectivity index (χ0v) is 10.9. The maximum Gasteiger partial charge on any atom is 0.375 e. The van der Waals surface area contributed by atoms with Gasteiger partial charge in [0, 0.05) is 11.1 Å². The van der Waals surface area contributed by atoms with Crippen LogP contribution in [0.3, 0.4) is 0 Å². The maximum absolute atomic E-state index is 11.0. The fourth-order valence-corrected chi connectivity index (χ4v) is 1.97.